The standard InChI is InChI=1S/C13H20N4/c1-2-3-7-11-10-15-12(14)13(16-11)17-8-5-4-6-9-17/h3,7,10H,2,4-6,8-9H2,1H3,(H2,14,15)/b7-3+. The largest absolute Gasteiger partial charge is 0.381 e. The minimum absolute atomic E-state index is 0.542. The van der Waals surface area contributed by atoms with Crippen LogP contribution in [0, 0.1) is 0 Å². The lowest BCUT2D eigenvalue weighted by molar-refractivity contribution is 0.573. The maximum Gasteiger partial charge on any atom is 0.172 e. The molecule has 2 heterocycles. The first-order chi connectivity index (χ1) is 8.31. The fraction of sp³-hybridized carbons (Fsp3) is 0.538. The van der Waals surface area contributed by atoms with Crippen molar-refractivity contribution in [2.75, 3.05) is 23.7 Å². The van der Waals surface area contributed by atoms with Crippen molar-refractivity contribution in [2.24, 2.45) is 0 Å². The minimum Gasteiger partial charge on any atom is -0.381 e. The van der Waals surface area contributed by atoms with E-state index >= 15 is 0 Å². The highest BCUT2D eigenvalue weighted by atomic mass is 15.2. The maximum absolute atomic E-state index is 5.91. The van der Waals surface area contributed by atoms with E-state index in [2.05, 4.69) is 27.9 Å². The number of anilines is 2. The Balaban J connectivity index is 2.21. The first-order valence-electron chi connectivity index (χ1n) is 6.35. The Morgan fingerprint density at radius 2 is 2.12 bits per heavy atom. The predicted molar refractivity (Wildman–Crippen MR) is 71.8 cm³/mol. The lowest BCUT2D eigenvalue weighted by Gasteiger charge is -2.28. The molecule has 0 saturated carbocycles. The number of piperidine rings is 1. The Bertz CT molecular complexity index is 394. The second kappa shape index (κ2) is 5.66. The summed E-state index contributed by atoms with van der Waals surface area (Å²) in [5.41, 5.74) is 6.80. The molecule has 17 heavy (non-hydrogen) atoms. The molecule has 4 nitrogen and oxygen atoms in total. The fourth-order valence-corrected chi connectivity index (χ4v) is 2.06. The average molecular weight is 232 g/mol. The number of nitrogens with two attached hydrogens (primary N) is 1. The second-order valence-electron chi connectivity index (χ2n) is 4.36. The zero-order valence-corrected chi connectivity index (χ0v) is 10.4. The SMILES string of the molecule is CC/C=C/c1cnc(N)c(N2CCCCC2)n1. The van der Waals surface area contributed by atoms with Crippen molar-refractivity contribution in [3.63, 3.8) is 0 Å². The smallest absolute Gasteiger partial charge is 0.172 e. The van der Waals surface area contributed by atoms with Gasteiger partial charge in [-0.3, -0.25) is 0 Å². The van der Waals surface area contributed by atoms with E-state index in [1.807, 2.05) is 6.08 Å². The van der Waals surface area contributed by atoms with Gasteiger partial charge in [0.15, 0.2) is 11.6 Å². The van der Waals surface area contributed by atoms with Crippen molar-refractivity contribution < 1.29 is 0 Å². The molecular formula is C13H20N4. The van der Waals surface area contributed by atoms with Gasteiger partial charge in [0.05, 0.1) is 11.9 Å². The lowest BCUT2D eigenvalue weighted by atomic mass is 10.1. The van der Waals surface area contributed by atoms with Gasteiger partial charge in [0.25, 0.3) is 0 Å². The second-order valence-corrected chi connectivity index (χ2v) is 4.36. The minimum atomic E-state index is 0.542. The van der Waals surface area contributed by atoms with Gasteiger partial charge < -0.3 is 10.6 Å². The van der Waals surface area contributed by atoms with Crippen LogP contribution in [0.1, 0.15) is 38.3 Å². The molecule has 4 heteroatoms. The summed E-state index contributed by atoms with van der Waals surface area (Å²) in [6.45, 7) is 4.19. The molecule has 0 unspecified atom stereocenters. The molecule has 0 atom stereocenters. The Morgan fingerprint density at radius 3 is 2.82 bits per heavy atom. The van der Waals surface area contributed by atoms with Crippen molar-refractivity contribution in [1.29, 1.82) is 0 Å². The molecule has 2 rings (SSSR count). The van der Waals surface area contributed by atoms with Gasteiger partial charge in [0, 0.05) is 13.1 Å². The van der Waals surface area contributed by atoms with Crippen molar-refractivity contribution >= 4 is 17.7 Å². The molecular weight excluding hydrogens is 212 g/mol. The average Bonchev–Trinajstić information content (AvgIpc) is 2.39. The van der Waals surface area contributed by atoms with Crippen molar-refractivity contribution in [3.8, 4) is 0 Å². The van der Waals surface area contributed by atoms with E-state index in [-0.39, 0.29) is 0 Å². The van der Waals surface area contributed by atoms with Gasteiger partial charge in [-0.05, 0) is 31.8 Å². The van der Waals surface area contributed by atoms with Crippen molar-refractivity contribution in [3.05, 3.63) is 18.0 Å². The monoisotopic (exact) mass is 232 g/mol. The summed E-state index contributed by atoms with van der Waals surface area (Å²) in [6.07, 6.45) is 10.6. The van der Waals surface area contributed by atoms with E-state index in [9.17, 15) is 0 Å². The van der Waals surface area contributed by atoms with Crippen LogP contribution in [0.25, 0.3) is 6.08 Å². The Labute approximate surface area is 103 Å². The van der Waals surface area contributed by atoms with E-state index < -0.39 is 0 Å². The third-order valence-corrected chi connectivity index (χ3v) is 2.98. The molecule has 1 aliphatic rings. The van der Waals surface area contributed by atoms with Gasteiger partial charge in [-0.2, -0.15) is 0 Å². The topological polar surface area (TPSA) is 55.0 Å². The van der Waals surface area contributed by atoms with Crippen LogP contribution in [-0.2, 0) is 0 Å². The highest BCUT2D eigenvalue weighted by Gasteiger charge is 2.15. The summed E-state index contributed by atoms with van der Waals surface area (Å²) in [5, 5.41) is 0. The fourth-order valence-electron chi connectivity index (χ4n) is 2.06. The van der Waals surface area contributed by atoms with Crippen LogP contribution in [0.3, 0.4) is 0 Å². The quantitative estimate of drug-likeness (QED) is 0.869. The normalized spacial score (nSPS) is 16.6. The summed E-state index contributed by atoms with van der Waals surface area (Å²) in [4.78, 5) is 11.1. The van der Waals surface area contributed by atoms with Gasteiger partial charge >= 0.3 is 0 Å². The van der Waals surface area contributed by atoms with E-state index in [0.29, 0.717) is 5.82 Å². The molecule has 1 aromatic heterocycles. The first kappa shape index (κ1) is 11.9. The van der Waals surface area contributed by atoms with Gasteiger partial charge in [0.1, 0.15) is 0 Å². The molecule has 0 radical (unpaired) electrons. The Morgan fingerprint density at radius 1 is 1.35 bits per heavy atom. The van der Waals surface area contributed by atoms with Gasteiger partial charge in [-0.25, -0.2) is 9.97 Å². The van der Waals surface area contributed by atoms with Gasteiger partial charge in [-0.1, -0.05) is 13.0 Å². The molecule has 92 valence electrons. The number of aromatic nitrogens is 2. The Hall–Kier alpha value is -1.58. The molecule has 1 aliphatic heterocycles. The van der Waals surface area contributed by atoms with E-state index in [4.69, 9.17) is 5.73 Å². The van der Waals surface area contributed by atoms with Crippen LogP contribution < -0.4 is 10.6 Å². The Kier molecular flexibility index (Phi) is 3.96. The van der Waals surface area contributed by atoms with E-state index in [0.717, 1.165) is 31.0 Å². The zero-order valence-electron chi connectivity index (χ0n) is 10.4. The molecule has 1 fully saturated rings. The summed E-state index contributed by atoms with van der Waals surface area (Å²) in [6, 6.07) is 0. The molecule has 0 amide bonds. The molecule has 0 aliphatic carbocycles. The van der Waals surface area contributed by atoms with Crippen LogP contribution in [0.4, 0.5) is 11.6 Å². The number of hydrogen-bond acceptors (Lipinski definition) is 4. The number of nitrogens with zero attached hydrogens (tertiary/aromatic N) is 3. The van der Waals surface area contributed by atoms with Crippen LogP contribution in [0.2, 0.25) is 0 Å². The van der Waals surface area contributed by atoms with Crippen LogP contribution in [0.15, 0.2) is 12.3 Å². The van der Waals surface area contributed by atoms with Crippen molar-refractivity contribution in [1.82, 2.24) is 9.97 Å². The summed E-state index contributed by atoms with van der Waals surface area (Å²) in [5.74, 6) is 1.39. The predicted octanol–water partition coefficient (Wildman–Crippen LogP) is 2.47. The highest BCUT2D eigenvalue weighted by Crippen LogP contribution is 2.22. The number of hydrogen-bond donors (Lipinski definition) is 1. The maximum atomic E-state index is 5.91. The summed E-state index contributed by atoms with van der Waals surface area (Å²) >= 11 is 0. The lowest BCUT2D eigenvalue weighted by Crippen LogP contribution is -2.31. The third-order valence-electron chi connectivity index (χ3n) is 2.98. The van der Waals surface area contributed by atoms with Gasteiger partial charge in [-0.15, -0.1) is 0 Å². The number of nitrogen functional groups attached to an aromatic ring is 1. The molecule has 1 aromatic rings. The molecule has 0 aromatic carbocycles. The zero-order chi connectivity index (χ0) is 12.1. The van der Waals surface area contributed by atoms with Gasteiger partial charge in [0.2, 0.25) is 0 Å². The van der Waals surface area contributed by atoms with Crippen LogP contribution >= 0.6 is 0 Å². The number of rotatable bonds is 3. The third kappa shape index (κ3) is 2.96. The molecule has 0 spiro atoms. The summed E-state index contributed by atoms with van der Waals surface area (Å²) < 4.78 is 0. The van der Waals surface area contributed by atoms with Crippen molar-refractivity contribution in [2.45, 2.75) is 32.6 Å². The molecule has 2 N–H and O–H groups in total. The molecule has 1 saturated heterocycles. The van der Waals surface area contributed by atoms with Crippen LogP contribution in [0.5, 0.6) is 0 Å². The molecule has 0 bridgehead atoms. The van der Waals surface area contributed by atoms with E-state index in [1.54, 1.807) is 6.20 Å². The first-order valence-corrected chi connectivity index (χ1v) is 6.35. The number of allylic oxidation sites excluding steroid dienone is 1. The summed E-state index contributed by atoms with van der Waals surface area (Å²) in [7, 11) is 0. The van der Waals surface area contributed by atoms with Crippen LogP contribution in [-0.4, -0.2) is 23.1 Å². The van der Waals surface area contributed by atoms with E-state index in [1.165, 1.54) is 19.3 Å². The highest BCUT2D eigenvalue weighted by molar-refractivity contribution is 5.60.